The van der Waals surface area contributed by atoms with E-state index >= 15 is 0 Å². The first-order chi connectivity index (χ1) is 7.11. The highest BCUT2D eigenvalue weighted by Gasteiger charge is 2.13. The molecular weight excluding hydrogens is 198 g/mol. The van der Waals surface area contributed by atoms with Crippen molar-refractivity contribution in [2.24, 2.45) is 7.05 Å². The van der Waals surface area contributed by atoms with Gasteiger partial charge in [0.2, 0.25) is 0 Å². The molecule has 2 aromatic heterocycles. The minimum absolute atomic E-state index is 0.166. The van der Waals surface area contributed by atoms with E-state index in [0.717, 1.165) is 4.68 Å². The maximum atomic E-state index is 11.6. The maximum absolute atomic E-state index is 11.6. The van der Waals surface area contributed by atoms with Crippen LogP contribution in [0.2, 0.25) is 0 Å². The molecule has 0 saturated carbocycles. The van der Waals surface area contributed by atoms with E-state index in [1.54, 1.807) is 0 Å². The monoisotopic (exact) mass is 205 g/mol. The highest BCUT2D eigenvalue weighted by Crippen LogP contribution is 2.10. The number of rotatable bonds is 1. The molecule has 6 heteroatoms. The third-order valence-corrected chi connectivity index (χ3v) is 2.05. The van der Waals surface area contributed by atoms with Crippen molar-refractivity contribution in [1.29, 1.82) is 0 Å². The number of hydrogen-bond donors (Lipinski definition) is 1. The van der Waals surface area contributed by atoms with E-state index in [9.17, 15) is 9.59 Å². The van der Waals surface area contributed by atoms with Gasteiger partial charge in [0.15, 0.2) is 5.69 Å². The lowest BCUT2D eigenvalue weighted by Crippen LogP contribution is -2.23. The molecule has 76 valence electrons. The van der Waals surface area contributed by atoms with Crippen LogP contribution in [0.15, 0.2) is 23.3 Å². The van der Waals surface area contributed by atoms with E-state index in [-0.39, 0.29) is 16.6 Å². The normalized spacial score (nSPS) is 10.5. The van der Waals surface area contributed by atoms with Gasteiger partial charge in [0.1, 0.15) is 0 Å². The zero-order valence-electron chi connectivity index (χ0n) is 7.84. The zero-order valence-corrected chi connectivity index (χ0v) is 7.84. The Kier molecular flexibility index (Phi) is 1.96. The molecule has 0 bridgehead atoms. The number of pyridine rings is 1. The zero-order chi connectivity index (χ0) is 11.0. The van der Waals surface area contributed by atoms with Crippen LogP contribution >= 0.6 is 0 Å². The van der Waals surface area contributed by atoms with Crippen molar-refractivity contribution in [3.63, 3.8) is 0 Å². The fraction of sp³-hybridized carbons (Fsp3) is 0.111. The van der Waals surface area contributed by atoms with Crippen molar-refractivity contribution < 1.29 is 9.90 Å². The molecule has 0 atom stereocenters. The van der Waals surface area contributed by atoms with Crippen LogP contribution in [0.25, 0.3) is 10.8 Å². The average Bonchev–Trinajstić information content (AvgIpc) is 2.23. The topological polar surface area (TPSA) is 85.1 Å². The molecule has 15 heavy (non-hydrogen) atoms. The summed E-state index contributed by atoms with van der Waals surface area (Å²) < 4.78 is 1.01. The number of nitrogens with zero attached hydrogens (tertiary/aromatic N) is 3. The van der Waals surface area contributed by atoms with Crippen molar-refractivity contribution >= 4 is 16.7 Å². The minimum Gasteiger partial charge on any atom is -0.476 e. The summed E-state index contributed by atoms with van der Waals surface area (Å²) >= 11 is 0. The maximum Gasteiger partial charge on any atom is 0.357 e. The van der Waals surface area contributed by atoms with Crippen molar-refractivity contribution in [1.82, 2.24) is 14.8 Å². The van der Waals surface area contributed by atoms with E-state index in [0.29, 0.717) is 5.39 Å². The lowest BCUT2D eigenvalue weighted by Gasteiger charge is -2.03. The average molecular weight is 205 g/mol. The molecule has 0 spiro atoms. The molecular formula is C9H7N3O3. The van der Waals surface area contributed by atoms with Crippen LogP contribution in [0, 0.1) is 0 Å². The molecule has 0 unspecified atom stereocenters. The quantitative estimate of drug-likeness (QED) is 0.709. The smallest absolute Gasteiger partial charge is 0.357 e. The molecule has 0 saturated heterocycles. The number of carboxylic acid groups (broad SMARTS) is 1. The summed E-state index contributed by atoms with van der Waals surface area (Å²) in [5.74, 6) is -1.18. The second-order valence-electron chi connectivity index (χ2n) is 3.00. The SMILES string of the molecule is Cn1nc(C(=O)O)c2cnccc2c1=O. The number of aromatic nitrogens is 3. The Balaban J connectivity index is 3.01. The summed E-state index contributed by atoms with van der Waals surface area (Å²) in [5, 5.41) is 13.1. The van der Waals surface area contributed by atoms with Gasteiger partial charge in [0.05, 0.1) is 5.39 Å². The Morgan fingerprint density at radius 2 is 2.20 bits per heavy atom. The summed E-state index contributed by atoms with van der Waals surface area (Å²) in [6.07, 6.45) is 2.77. The van der Waals surface area contributed by atoms with Gasteiger partial charge < -0.3 is 5.11 Å². The fourth-order valence-electron chi connectivity index (χ4n) is 1.35. The van der Waals surface area contributed by atoms with Gasteiger partial charge >= 0.3 is 5.97 Å². The molecule has 0 aliphatic heterocycles. The number of aryl methyl sites for hydroxylation is 1. The lowest BCUT2D eigenvalue weighted by atomic mass is 10.2. The number of fused-ring (bicyclic) bond motifs is 1. The predicted molar refractivity (Wildman–Crippen MR) is 51.7 cm³/mol. The van der Waals surface area contributed by atoms with E-state index in [2.05, 4.69) is 10.1 Å². The Morgan fingerprint density at radius 1 is 1.47 bits per heavy atom. The summed E-state index contributed by atoms with van der Waals surface area (Å²) in [4.78, 5) is 26.2. The van der Waals surface area contributed by atoms with Gasteiger partial charge in [-0.1, -0.05) is 0 Å². The van der Waals surface area contributed by atoms with Crippen molar-refractivity contribution in [2.45, 2.75) is 0 Å². The Labute approximate surface area is 83.8 Å². The summed E-state index contributed by atoms with van der Waals surface area (Å²) in [7, 11) is 1.41. The van der Waals surface area contributed by atoms with Crippen LogP contribution in [0.3, 0.4) is 0 Å². The van der Waals surface area contributed by atoms with Crippen LogP contribution in [-0.4, -0.2) is 25.8 Å². The van der Waals surface area contributed by atoms with E-state index < -0.39 is 5.97 Å². The van der Waals surface area contributed by atoms with Crippen LogP contribution < -0.4 is 5.56 Å². The first-order valence-corrected chi connectivity index (χ1v) is 4.15. The first kappa shape index (κ1) is 9.32. The second kappa shape index (κ2) is 3.16. The van der Waals surface area contributed by atoms with Crippen LogP contribution in [0.4, 0.5) is 0 Å². The second-order valence-corrected chi connectivity index (χ2v) is 3.00. The lowest BCUT2D eigenvalue weighted by molar-refractivity contribution is 0.0690. The molecule has 6 nitrogen and oxygen atoms in total. The first-order valence-electron chi connectivity index (χ1n) is 4.15. The summed E-state index contributed by atoms with van der Waals surface area (Å²) in [5.41, 5.74) is -0.502. The van der Waals surface area contributed by atoms with E-state index in [1.807, 2.05) is 0 Å². The van der Waals surface area contributed by atoms with Gasteiger partial charge in [-0.25, -0.2) is 9.48 Å². The van der Waals surface area contributed by atoms with Gasteiger partial charge in [0, 0.05) is 24.8 Å². The van der Waals surface area contributed by atoms with Crippen LogP contribution in [-0.2, 0) is 7.05 Å². The molecule has 2 heterocycles. The third kappa shape index (κ3) is 1.35. The van der Waals surface area contributed by atoms with Crippen LogP contribution in [0.5, 0.6) is 0 Å². The van der Waals surface area contributed by atoms with Gasteiger partial charge in [0.25, 0.3) is 5.56 Å². The number of hydrogen-bond acceptors (Lipinski definition) is 4. The molecule has 2 rings (SSSR count). The third-order valence-electron chi connectivity index (χ3n) is 2.05. The highest BCUT2D eigenvalue weighted by atomic mass is 16.4. The number of aromatic carboxylic acids is 1. The summed E-state index contributed by atoms with van der Waals surface area (Å²) in [6, 6.07) is 1.48. The number of carbonyl (C=O) groups is 1. The fourth-order valence-corrected chi connectivity index (χ4v) is 1.35. The van der Waals surface area contributed by atoms with Crippen molar-refractivity contribution in [3.8, 4) is 0 Å². The predicted octanol–water partition coefficient (Wildman–Crippen LogP) is 0.0267. The Bertz CT molecular complexity index is 603. The van der Waals surface area contributed by atoms with Gasteiger partial charge in [-0.05, 0) is 6.07 Å². The van der Waals surface area contributed by atoms with Crippen molar-refractivity contribution in [3.05, 3.63) is 34.5 Å². The summed E-state index contributed by atoms with van der Waals surface area (Å²) in [6.45, 7) is 0. The van der Waals surface area contributed by atoms with Crippen molar-refractivity contribution in [2.75, 3.05) is 0 Å². The minimum atomic E-state index is -1.18. The molecule has 0 radical (unpaired) electrons. The van der Waals surface area contributed by atoms with E-state index in [4.69, 9.17) is 5.11 Å². The molecule has 0 aliphatic rings. The Hall–Kier alpha value is -2.24. The molecule has 1 N–H and O–H groups in total. The molecule has 0 aromatic carbocycles. The Morgan fingerprint density at radius 3 is 2.87 bits per heavy atom. The number of carboxylic acids is 1. The standard InChI is InChI=1S/C9H7N3O3/c1-12-8(13)5-2-3-10-4-6(5)7(11-12)9(14)15/h2-4H,1H3,(H,14,15). The molecule has 0 aliphatic carbocycles. The van der Waals surface area contributed by atoms with Crippen LogP contribution in [0.1, 0.15) is 10.5 Å². The highest BCUT2D eigenvalue weighted by molar-refractivity contribution is 6.00. The molecule has 0 fully saturated rings. The largest absolute Gasteiger partial charge is 0.476 e. The van der Waals surface area contributed by atoms with E-state index in [1.165, 1.54) is 25.5 Å². The van der Waals surface area contributed by atoms with Gasteiger partial charge in [-0.15, -0.1) is 0 Å². The molecule has 0 amide bonds. The van der Waals surface area contributed by atoms with Gasteiger partial charge in [-0.2, -0.15) is 5.10 Å². The van der Waals surface area contributed by atoms with Gasteiger partial charge in [-0.3, -0.25) is 9.78 Å². The molecule has 2 aromatic rings.